The molecule has 0 fully saturated rings. The van der Waals surface area contributed by atoms with Crippen LogP contribution in [0.15, 0.2) is 53.2 Å². The highest BCUT2D eigenvalue weighted by Gasteiger charge is 2.05. The molecule has 0 radical (unpaired) electrons. The minimum Gasteiger partial charge on any atom is -0.465 e. The minimum atomic E-state index is -0.440. The molecule has 1 aromatic heterocycles. The molecule has 0 aliphatic carbocycles. The van der Waals surface area contributed by atoms with Gasteiger partial charge in [0.25, 0.3) is 11.8 Å². The van der Waals surface area contributed by atoms with Gasteiger partial charge in [-0.3, -0.25) is 20.4 Å². The lowest BCUT2D eigenvalue weighted by Gasteiger charge is -2.05. The van der Waals surface area contributed by atoms with E-state index in [9.17, 15) is 9.59 Å². The fourth-order valence-electron chi connectivity index (χ4n) is 1.67. The molecule has 5 nitrogen and oxygen atoms in total. The summed E-state index contributed by atoms with van der Waals surface area (Å²) < 4.78 is 5.05. The van der Waals surface area contributed by atoms with E-state index in [4.69, 9.17) is 4.42 Å². The highest BCUT2D eigenvalue weighted by atomic mass is 16.3. The normalized spacial score (nSPS) is 10.5. The second kappa shape index (κ2) is 7.09. The lowest BCUT2D eigenvalue weighted by Crippen LogP contribution is -2.40. The largest absolute Gasteiger partial charge is 0.465 e. The van der Waals surface area contributed by atoms with Gasteiger partial charge < -0.3 is 4.42 Å². The van der Waals surface area contributed by atoms with Crippen LogP contribution in [-0.2, 0) is 11.2 Å². The molecule has 0 saturated heterocycles. The molecule has 0 bridgehead atoms. The van der Waals surface area contributed by atoms with Crippen molar-refractivity contribution in [3.8, 4) is 0 Å². The summed E-state index contributed by atoms with van der Waals surface area (Å²) in [5.74, 6) is -0.242. The average Bonchev–Trinajstić information content (AvgIpc) is 3.04. The Balaban J connectivity index is 1.84. The summed E-state index contributed by atoms with van der Waals surface area (Å²) in [6.07, 6.45) is 5.21. The van der Waals surface area contributed by atoms with E-state index in [-0.39, 0.29) is 5.91 Å². The second-order valence-corrected chi connectivity index (χ2v) is 4.34. The van der Waals surface area contributed by atoms with Gasteiger partial charge in [-0.25, -0.2) is 0 Å². The van der Waals surface area contributed by atoms with Gasteiger partial charge >= 0.3 is 0 Å². The van der Waals surface area contributed by atoms with Crippen LogP contribution >= 0.6 is 0 Å². The van der Waals surface area contributed by atoms with Crippen LogP contribution in [0.1, 0.15) is 28.6 Å². The molecule has 1 heterocycles. The van der Waals surface area contributed by atoms with Crippen molar-refractivity contribution in [2.45, 2.75) is 13.3 Å². The molecule has 2 aromatic rings. The number of hydrogen-bond acceptors (Lipinski definition) is 3. The first-order chi connectivity index (χ1) is 10.2. The molecule has 2 rings (SSSR count). The van der Waals surface area contributed by atoms with Crippen LogP contribution in [0.4, 0.5) is 0 Å². The number of carbonyl (C=O) groups is 2. The van der Waals surface area contributed by atoms with E-state index in [1.54, 1.807) is 24.3 Å². The third kappa shape index (κ3) is 4.35. The van der Waals surface area contributed by atoms with Gasteiger partial charge in [0.05, 0.1) is 6.26 Å². The van der Waals surface area contributed by atoms with Gasteiger partial charge in [0.1, 0.15) is 5.76 Å². The number of aryl methyl sites for hydroxylation is 1. The topological polar surface area (TPSA) is 71.3 Å². The van der Waals surface area contributed by atoms with Gasteiger partial charge in [-0.15, -0.1) is 0 Å². The Labute approximate surface area is 122 Å². The molecule has 21 heavy (non-hydrogen) atoms. The fourth-order valence-corrected chi connectivity index (χ4v) is 1.67. The first-order valence-electron chi connectivity index (χ1n) is 6.60. The molecule has 0 aliphatic heterocycles. The second-order valence-electron chi connectivity index (χ2n) is 4.34. The van der Waals surface area contributed by atoms with Crippen molar-refractivity contribution in [2.75, 3.05) is 0 Å². The van der Waals surface area contributed by atoms with Gasteiger partial charge in [-0.2, -0.15) is 0 Å². The van der Waals surface area contributed by atoms with Crippen LogP contribution in [0.3, 0.4) is 0 Å². The predicted molar refractivity (Wildman–Crippen MR) is 79.2 cm³/mol. The van der Waals surface area contributed by atoms with Gasteiger partial charge in [0.15, 0.2) is 0 Å². The zero-order chi connectivity index (χ0) is 15.1. The molecule has 108 valence electrons. The van der Waals surface area contributed by atoms with Crippen molar-refractivity contribution in [1.29, 1.82) is 0 Å². The van der Waals surface area contributed by atoms with E-state index >= 15 is 0 Å². The summed E-state index contributed by atoms with van der Waals surface area (Å²) in [5, 5.41) is 0. The lowest BCUT2D eigenvalue weighted by atomic mass is 10.1. The molecule has 0 unspecified atom stereocenters. The summed E-state index contributed by atoms with van der Waals surface area (Å²) in [6, 6.07) is 10.6. The molecule has 0 spiro atoms. The van der Waals surface area contributed by atoms with Gasteiger partial charge in [0, 0.05) is 11.6 Å². The fraction of sp³-hybridized carbons (Fsp3) is 0.125. The predicted octanol–water partition coefficient (Wildman–Crippen LogP) is 2.32. The maximum atomic E-state index is 11.8. The van der Waals surface area contributed by atoms with Crippen molar-refractivity contribution in [2.24, 2.45) is 0 Å². The Bertz CT molecular complexity index is 628. The number of amides is 2. The SMILES string of the molecule is CCc1ccc(C(=O)NNC(=O)/C=C/c2ccco2)cc1. The Morgan fingerprint density at radius 1 is 1.14 bits per heavy atom. The van der Waals surface area contributed by atoms with Crippen molar-refractivity contribution >= 4 is 17.9 Å². The van der Waals surface area contributed by atoms with E-state index < -0.39 is 5.91 Å². The molecular formula is C16H16N2O3. The van der Waals surface area contributed by atoms with Crippen molar-refractivity contribution in [3.05, 3.63) is 65.6 Å². The highest BCUT2D eigenvalue weighted by molar-refractivity contribution is 5.97. The molecule has 1 aromatic carbocycles. The van der Waals surface area contributed by atoms with Crippen molar-refractivity contribution < 1.29 is 14.0 Å². The highest BCUT2D eigenvalue weighted by Crippen LogP contribution is 2.04. The number of hydrazine groups is 1. The van der Waals surface area contributed by atoms with E-state index in [2.05, 4.69) is 10.9 Å². The molecule has 2 N–H and O–H groups in total. The minimum absolute atomic E-state index is 0.364. The van der Waals surface area contributed by atoms with Crippen LogP contribution in [0.5, 0.6) is 0 Å². The smallest absolute Gasteiger partial charge is 0.269 e. The van der Waals surface area contributed by atoms with Gasteiger partial charge in [0.2, 0.25) is 0 Å². The Morgan fingerprint density at radius 3 is 2.52 bits per heavy atom. The summed E-state index contributed by atoms with van der Waals surface area (Å²) in [7, 11) is 0. The molecule has 0 aliphatic rings. The number of rotatable bonds is 4. The number of furan rings is 1. The van der Waals surface area contributed by atoms with Crippen molar-refractivity contribution in [1.82, 2.24) is 10.9 Å². The molecule has 2 amide bonds. The summed E-state index contributed by atoms with van der Waals surface area (Å²) >= 11 is 0. The average molecular weight is 284 g/mol. The van der Waals surface area contributed by atoms with Crippen LogP contribution in [0, 0.1) is 0 Å². The van der Waals surface area contributed by atoms with E-state index in [0.29, 0.717) is 11.3 Å². The zero-order valence-corrected chi connectivity index (χ0v) is 11.6. The van der Waals surface area contributed by atoms with Crippen LogP contribution < -0.4 is 10.9 Å². The Morgan fingerprint density at radius 2 is 1.90 bits per heavy atom. The first kappa shape index (κ1) is 14.6. The van der Waals surface area contributed by atoms with Gasteiger partial charge in [-0.05, 0) is 42.3 Å². The lowest BCUT2D eigenvalue weighted by molar-refractivity contribution is -0.117. The molecule has 0 atom stereocenters. The third-order valence-electron chi connectivity index (χ3n) is 2.87. The maximum Gasteiger partial charge on any atom is 0.269 e. The molecular weight excluding hydrogens is 268 g/mol. The monoisotopic (exact) mass is 284 g/mol. The van der Waals surface area contributed by atoms with Crippen LogP contribution in [0.2, 0.25) is 0 Å². The Kier molecular flexibility index (Phi) is 4.93. The zero-order valence-electron chi connectivity index (χ0n) is 11.6. The van der Waals surface area contributed by atoms with E-state index in [0.717, 1.165) is 12.0 Å². The summed E-state index contributed by atoms with van der Waals surface area (Å²) in [4.78, 5) is 23.3. The first-order valence-corrected chi connectivity index (χ1v) is 6.60. The Hall–Kier alpha value is -2.82. The number of carbonyl (C=O) groups excluding carboxylic acids is 2. The maximum absolute atomic E-state index is 11.8. The molecule has 0 saturated carbocycles. The van der Waals surface area contributed by atoms with E-state index in [1.165, 1.54) is 18.4 Å². The van der Waals surface area contributed by atoms with Crippen LogP contribution in [-0.4, -0.2) is 11.8 Å². The third-order valence-corrected chi connectivity index (χ3v) is 2.87. The number of nitrogens with one attached hydrogen (secondary N) is 2. The van der Waals surface area contributed by atoms with Crippen LogP contribution in [0.25, 0.3) is 6.08 Å². The van der Waals surface area contributed by atoms with E-state index in [1.807, 2.05) is 19.1 Å². The molecule has 5 heteroatoms. The summed E-state index contributed by atoms with van der Waals surface area (Å²) in [5.41, 5.74) is 6.29. The standard InChI is InChI=1S/C16H16N2O3/c1-2-12-5-7-13(8-6-12)16(20)18-17-15(19)10-9-14-4-3-11-21-14/h3-11H,2H2,1H3,(H,17,19)(H,18,20)/b10-9+. The quantitative estimate of drug-likeness (QED) is 0.668. The van der Waals surface area contributed by atoms with Gasteiger partial charge in [-0.1, -0.05) is 19.1 Å². The number of benzene rings is 1. The number of hydrogen-bond donors (Lipinski definition) is 2. The summed E-state index contributed by atoms with van der Waals surface area (Å²) in [6.45, 7) is 2.04. The van der Waals surface area contributed by atoms with Crippen molar-refractivity contribution in [3.63, 3.8) is 0 Å².